The Morgan fingerprint density at radius 1 is 1.44 bits per heavy atom. The largest absolute Gasteiger partial charge is 0.480 e. The van der Waals surface area contributed by atoms with Crippen molar-refractivity contribution in [1.82, 2.24) is 10.6 Å². The third-order valence-corrected chi connectivity index (χ3v) is 1.83. The number of hydrogen-bond donors (Lipinski definition) is 4. The topological polar surface area (TPSA) is 108 Å². The van der Waals surface area contributed by atoms with Crippen LogP contribution in [-0.2, 0) is 14.3 Å². The molecule has 0 aliphatic heterocycles. The Kier molecular flexibility index (Phi) is 7.44. The molecule has 1 amide bonds. The maximum Gasteiger partial charge on any atom is 0.328 e. The van der Waals surface area contributed by atoms with E-state index in [2.05, 4.69) is 10.6 Å². The van der Waals surface area contributed by atoms with Crippen LogP contribution in [0.1, 0.15) is 6.92 Å². The number of carbonyl (C=O) groups is 2. The van der Waals surface area contributed by atoms with Crippen LogP contribution in [0.4, 0.5) is 0 Å². The Bertz CT molecular complexity index is 232. The molecule has 0 spiro atoms. The van der Waals surface area contributed by atoms with E-state index in [1.807, 2.05) is 0 Å². The van der Waals surface area contributed by atoms with E-state index in [1.165, 1.54) is 14.0 Å². The van der Waals surface area contributed by atoms with E-state index in [9.17, 15) is 9.59 Å². The molecule has 4 N–H and O–H groups in total. The van der Waals surface area contributed by atoms with Crippen molar-refractivity contribution in [2.45, 2.75) is 19.1 Å². The number of methoxy groups -OCH3 is 1. The first-order valence-electron chi connectivity index (χ1n) is 4.89. The Morgan fingerprint density at radius 3 is 2.50 bits per heavy atom. The Labute approximate surface area is 93.8 Å². The summed E-state index contributed by atoms with van der Waals surface area (Å²) in [5.41, 5.74) is 0. The molecule has 0 aromatic heterocycles. The molecule has 94 valence electrons. The number of rotatable bonds is 8. The number of carboxylic acid groups (broad SMARTS) is 1. The quantitative estimate of drug-likeness (QED) is 0.368. The van der Waals surface area contributed by atoms with Gasteiger partial charge < -0.3 is 25.6 Å². The summed E-state index contributed by atoms with van der Waals surface area (Å²) >= 11 is 0. The van der Waals surface area contributed by atoms with Crippen LogP contribution >= 0.6 is 0 Å². The number of carboxylic acids is 1. The SMILES string of the molecule is COCCNCC(=O)N[C@H](C(=O)O)[C@@H](C)O. The van der Waals surface area contributed by atoms with E-state index in [0.29, 0.717) is 13.2 Å². The molecular formula is C9H18N2O5. The van der Waals surface area contributed by atoms with Gasteiger partial charge in [-0.05, 0) is 6.92 Å². The van der Waals surface area contributed by atoms with Crippen molar-refractivity contribution < 1.29 is 24.5 Å². The number of aliphatic hydroxyl groups is 1. The van der Waals surface area contributed by atoms with Crippen molar-refractivity contribution in [3.63, 3.8) is 0 Å². The minimum Gasteiger partial charge on any atom is -0.480 e. The molecule has 2 atom stereocenters. The molecule has 0 fully saturated rings. The van der Waals surface area contributed by atoms with Gasteiger partial charge in [0.15, 0.2) is 6.04 Å². The van der Waals surface area contributed by atoms with Gasteiger partial charge in [0.1, 0.15) is 0 Å². The highest BCUT2D eigenvalue weighted by atomic mass is 16.5. The van der Waals surface area contributed by atoms with Gasteiger partial charge in [-0.25, -0.2) is 4.79 Å². The molecule has 0 aliphatic rings. The Hall–Kier alpha value is -1.18. The molecule has 0 aromatic rings. The molecule has 7 nitrogen and oxygen atoms in total. The van der Waals surface area contributed by atoms with Gasteiger partial charge in [0.25, 0.3) is 0 Å². The average Bonchev–Trinajstić information content (AvgIpc) is 2.20. The van der Waals surface area contributed by atoms with E-state index in [1.54, 1.807) is 0 Å². The average molecular weight is 234 g/mol. The van der Waals surface area contributed by atoms with Crippen molar-refractivity contribution in [2.24, 2.45) is 0 Å². The van der Waals surface area contributed by atoms with Gasteiger partial charge in [-0.2, -0.15) is 0 Å². The van der Waals surface area contributed by atoms with Crippen LogP contribution in [0.15, 0.2) is 0 Å². The summed E-state index contributed by atoms with van der Waals surface area (Å²) in [4.78, 5) is 21.9. The lowest BCUT2D eigenvalue weighted by Crippen LogP contribution is -2.50. The van der Waals surface area contributed by atoms with Gasteiger partial charge in [0.05, 0.1) is 19.3 Å². The van der Waals surface area contributed by atoms with E-state index in [4.69, 9.17) is 14.9 Å². The predicted molar refractivity (Wildman–Crippen MR) is 56.0 cm³/mol. The number of amides is 1. The molecule has 0 heterocycles. The molecule has 0 rings (SSSR count). The Morgan fingerprint density at radius 2 is 2.06 bits per heavy atom. The lowest BCUT2D eigenvalue weighted by Gasteiger charge is -2.17. The lowest BCUT2D eigenvalue weighted by atomic mass is 10.2. The molecule has 7 heteroatoms. The fourth-order valence-corrected chi connectivity index (χ4v) is 0.989. The fraction of sp³-hybridized carbons (Fsp3) is 0.778. The van der Waals surface area contributed by atoms with Crippen molar-refractivity contribution in [2.75, 3.05) is 26.8 Å². The number of nitrogens with one attached hydrogen (secondary N) is 2. The van der Waals surface area contributed by atoms with Crippen LogP contribution in [0.5, 0.6) is 0 Å². The zero-order valence-electron chi connectivity index (χ0n) is 9.40. The summed E-state index contributed by atoms with van der Waals surface area (Å²) in [5, 5.41) is 22.8. The van der Waals surface area contributed by atoms with Crippen molar-refractivity contribution in [3.8, 4) is 0 Å². The first-order chi connectivity index (χ1) is 7.49. The number of aliphatic carboxylic acids is 1. The normalized spacial score (nSPS) is 14.2. The van der Waals surface area contributed by atoms with Gasteiger partial charge in [-0.15, -0.1) is 0 Å². The van der Waals surface area contributed by atoms with Gasteiger partial charge in [-0.1, -0.05) is 0 Å². The van der Waals surface area contributed by atoms with Crippen molar-refractivity contribution in [1.29, 1.82) is 0 Å². The molecule has 0 unspecified atom stereocenters. The minimum absolute atomic E-state index is 0.0140. The third-order valence-electron chi connectivity index (χ3n) is 1.83. The highest BCUT2D eigenvalue weighted by Gasteiger charge is 2.24. The van der Waals surface area contributed by atoms with Gasteiger partial charge in [0, 0.05) is 13.7 Å². The van der Waals surface area contributed by atoms with Gasteiger partial charge in [-0.3, -0.25) is 4.79 Å². The van der Waals surface area contributed by atoms with Crippen LogP contribution in [0.25, 0.3) is 0 Å². The monoisotopic (exact) mass is 234 g/mol. The predicted octanol–water partition coefficient (Wildman–Crippen LogP) is -1.83. The lowest BCUT2D eigenvalue weighted by molar-refractivity contribution is -0.144. The second kappa shape index (κ2) is 8.03. The second-order valence-corrected chi connectivity index (χ2v) is 3.29. The zero-order chi connectivity index (χ0) is 12.6. The molecule has 0 aliphatic carbocycles. The maximum atomic E-state index is 11.2. The van der Waals surface area contributed by atoms with E-state index in [0.717, 1.165) is 0 Å². The van der Waals surface area contributed by atoms with Gasteiger partial charge in [0.2, 0.25) is 5.91 Å². The molecule has 0 radical (unpaired) electrons. The molecule has 0 saturated heterocycles. The molecule has 0 saturated carbocycles. The van der Waals surface area contributed by atoms with Crippen LogP contribution in [0.2, 0.25) is 0 Å². The van der Waals surface area contributed by atoms with Crippen molar-refractivity contribution >= 4 is 11.9 Å². The van der Waals surface area contributed by atoms with Crippen molar-refractivity contribution in [3.05, 3.63) is 0 Å². The maximum absolute atomic E-state index is 11.2. The Balaban J connectivity index is 3.87. The first-order valence-corrected chi connectivity index (χ1v) is 4.89. The van der Waals surface area contributed by atoms with Crippen LogP contribution in [0.3, 0.4) is 0 Å². The van der Waals surface area contributed by atoms with Crippen LogP contribution in [0, 0.1) is 0 Å². The third kappa shape index (κ3) is 6.33. The summed E-state index contributed by atoms with van der Waals surface area (Å²) in [5.74, 6) is -1.75. The van der Waals surface area contributed by atoms with Gasteiger partial charge >= 0.3 is 5.97 Å². The first kappa shape index (κ1) is 14.8. The standard InChI is InChI=1S/C9H18N2O5/c1-6(12)8(9(14)15)11-7(13)5-10-3-4-16-2/h6,8,10,12H,3-5H2,1-2H3,(H,11,13)(H,14,15)/t6-,8+/m1/s1. The summed E-state index contributed by atoms with van der Waals surface area (Å²) in [6.07, 6.45) is -1.14. The fourth-order valence-electron chi connectivity index (χ4n) is 0.989. The summed E-state index contributed by atoms with van der Waals surface area (Å²) < 4.78 is 4.75. The number of carbonyl (C=O) groups excluding carboxylic acids is 1. The van der Waals surface area contributed by atoms with E-state index in [-0.39, 0.29) is 6.54 Å². The molecule has 0 aromatic carbocycles. The number of hydrogen-bond acceptors (Lipinski definition) is 5. The number of ether oxygens (including phenoxy) is 1. The second-order valence-electron chi connectivity index (χ2n) is 3.29. The zero-order valence-corrected chi connectivity index (χ0v) is 9.40. The van der Waals surface area contributed by atoms with E-state index < -0.39 is 24.0 Å². The smallest absolute Gasteiger partial charge is 0.328 e. The van der Waals surface area contributed by atoms with Crippen LogP contribution in [-0.4, -0.2) is 61.0 Å². The van der Waals surface area contributed by atoms with Crippen LogP contribution < -0.4 is 10.6 Å². The highest BCUT2D eigenvalue weighted by molar-refractivity contribution is 5.85. The molecular weight excluding hydrogens is 216 g/mol. The minimum atomic E-state index is -1.28. The highest BCUT2D eigenvalue weighted by Crippen LogP contribution is 1.92. The van der Waals surface area contributed by atoms with E-state index >= 15 is 0 Å². The number of aliphatic hydroxyl groups excluding tert-OH is 1. The summed E-state index contributed by atoms with van der Waals surface area (Å²) in [6.45, 7) is 2.25. The molecule has 16 heavy (non-hydrogen) atoms. The summed E-state index contributed by atoms with van der Waals surface area (Å²) in [7, 11) is 1.54. The summed E-state index contributed by atoms with van der Waals surface area (Å²) in [6, 6.07) is -1.28. The molecule has 0 bridgehead atoms.